The largest absolute Gasteiger partial charge is 0.354 e. The highest BCUT2D eigenvalue weighted by molar-refractivity contribution is 5.81. The zero-order valence-electron chi connectivity index (χ0n) is 10.3. The summed E-state index contributed by atoms with van der Waals surface area (Å²) in [5.41, 5.74) is 0. The highest BCUT2D eigenvalue weighted by Crippen LogP contribution is 2.28. The van der Waals surface area contributed by atoms with Crippen LogP contribution in [0.2, 0.25) is 0 Å². The number of amides is 2. The van der Waals surface area contributed by atoms with Crippen molar-refractivity contribution in [2.24, 2.45) is 11.8 Å². The summed E-state index contributed by atoms with van der Waals surface area (Å²) in [7, 11) is 0. The second kappa shape index (κ2) is 6.03. The topological polar surface area (TPSA) is 58.2 Å². The lowest BCUT2D eigenvalue weighted by atomic mass is 9.89. The number of carbonyl (C=O) groups excluding carboxylic acids is 2. The third-order valence-corrected chi connectivity index (χ3v) is 3.65. The molecule has 2 rings (SSSR count). The molecule has 0 aromatic rings. The number of hydrogen-bond donors (Lipinski definition) is 2. The summed E-state index contributed by atoms with van der Waals surface area (Å²) in [5, 5.41) is 5.76. The molecule has 96 valence electrons. The van der Waals surface area contributed by atoms with Crippen LogP contribution in [0.5, 0.6) is 0 Å². The molecule has 0 saturated heterocycles. The van der Waals surface area contributed by atoms with E-state index < -0.39 is 0 Å². The monoisotopic (exact) mass is 238 g/mol. The van der Waals surface area contributed by atoms with Gasteiger partial charge >= 0.3 is 0 Å². The van der Waals surface area contributed by atoms with Gasteiger partial charge in [0.15, 0.2) is 0 Å². The maximum Gasteiger partial charge on any atom is 0.223 e. The summed E-state index contributed by atoms with van der Waals surface area (Å²) < 4.78 is 0. The lowest BCUT2D eigenvalue weighted by Gasteiger charge is -2.20. The molecule has 4 heteroatoms. The lowest BCUT2D eigenvalue weighted by Crippen LogP contribution is -2.38. The first-order chi connectivity index (χ1) is 8.27. The second-order valence-electron chi connectivity index (χ2n) is 5.19. The molecule has 0 atom stereocenters. The minimum Gasteiger partial charge on any atom is -0.354 e. The molecule has 4 nitrogen and oxygen atoms in total. The van der Waals surface area contributed by atoms with E-state index in [1.807, 2.05) is 0 Å². The first kappa shape index (κ1) is 12.4. The van der Waals surface area contributed by atoms with Crippen molar-refractivity contribution < 1.29 is 9.59 Å². The molecule has 17 heavy (non-hydrogen) atoms. The molecular formula is C13H22N2O2. The lowest BCUT2D eigenvalue weighted by molar-refractivity contribution is -0.126. The van der Waals surface area contributed by atoms with E-state index in [0.29, 0.717) is 13.1 Å². The zero-order valence-corrected chi connectivity index (χ0v) is 10.3. The molecule has 2 saturated carbocycles. The van der Waals surface area contributed by atoms with Crippen molar-refractivity contribution in [3.63, 3.8) is 0 Å². The van der Waals surface area contributed by atoms with Crippen LogP contribution in [-0.2, 0) is 9.59 Å². The second-order valence-corrected chi connectivity index (χ2v) is 5.19. The molecule has 2 aliphatic rings. The van der Waals surface area contributed by atoms with Gasteiger partial charge in [-0.05, 0) is 25.7 Å². The first-order valence-electron chi connectivity index (χ1n) is 6.83. The van der Waals surface area contributed by atoms with E-state index >= 15 is 0 Å². The van der Waals surface area contributed by atoms with E-state index in [2.05, 4.69) is 10.6 Å². The van der Waals surface area contributed by atoms with Crippen molar-refractivity contribution in [2.45, 2.75) is 44.9 Å². The van der Waals surface area contributed by atoms with Crippen molar-refractivity contribution in [2.75, 3.05) is 13.1 Å². The van der Waals surface area contributed by atoms with E-state index in [1.54, 1.807) is 0 Å². The van der Waals surface area contributed by atoms with Gasteiger partial charge in [0.25, 0.3) is 0 Å². The van der Waals surface area contributed by atoms with Gasteiger partial charge in [0.2, 0.25) is 11.8 Å². The van der Waals surface area contributed by atoms with Crippen molar-refractivity contribution in [1.29, 1.82) is 0 Å². The van der Waals surface area contributed by atoms with Gasteiger partial charge in [0.1, 0.15) is 0 Å². The molecule has 0 spiro atoms. The predicted octanol–water partition coefficient (Wildman–Crippen LogP) is 1.21. The smallest absolute Gasteiger partial charge is 0.223 e. The molecule has 2 fully saturated rings. The molecule has 0 radical (unpaired) electrons. The van der Waals surface area contributed by atoms with Crippen molar-refractivity contribution in [3.05, 3.63) is 0 Å². The average molecular weight is 238 g/mol. The summed E-state index contributed by atoms with van der Waals surface area (Å²) in [6.07, 6.45) is 7.73. The Bertz CT molecular complexity index is 281. The van der Waals surface area contributed by atoms with E-state index in [0.717, 1.165) is 25.7 Å². The Labute approximate surface area is 103 Å². The van der Waals surface area contributed by atoms with Gasteiger partial charge < -0.3 is 10.6 Å². The Morgan fingerprint density at radius 3 is 1.71 bits per heavy atom. The molecule has 0 aromatic heterocycles. The molecule has 0 aromatic carbocycles. The Morgan fingerprint density at radius 2 is 1.24 bits per heavy atom. The van der Waals surface area contributed by atoms with Gasteiger partial charge in [0, 0.05) is 24.9 Å². The van der Waals surface area contributed by atoms with Crippen LogP contribution >= 0.6 is 0 Å². The Kier molecular flexibility index (Phi) is 4.40. The van der Waals surface area contributed by atoms with Crippen LogP contribution in [-0.4, -0.2) is 24.9 Å². The minimum atomic E-state index is 0.150. The molecule has 0 heterocycles. The third kappa shape index (κ3) is 4.02. The van der Waals surface area contributed by atoms with Gasteiger partial charge in [-0.25, -0.2) is 0 Å². The Morgan fingerprint density at radius 1 is 0.765 bits per heavy atom. The fourth-order valence-electron chi connectivity index (χ4n) is 2.37. The maximum absolute atomic E-state index is 11.8. The number of rotatable bonds is 5. The van der Waals surface area contributed by atoms with Crippen LogP contribution in [0.1, 0.15) is 44.9 Å². The van der Waals surface area contributed by atoms with Crippen LogP contribution in [0.25, 0.3) is 0 Å². The predicted molar refractivity (Wildman–Crippen MR) is 65.3 cm³/mol. The summed E-state index contributed by atoms with van der Waals surface area (Å²) in [4.78, 5) is 23.1. The fourth-order valence-corrected chi connectivity index (χ4v) is 2.37. The fraction of sp³-hybridized carbons (Fsp3) is 0.846. The normalized spacial score (nSPS) is 20.9. The highest BCUT2D eigenvalue weighted by atomic mass is 16.2. The van der Waals surface area contributed by atoms with E-state index in [9.17, 15) is 9.59 Å². The molecule has 2 N–H and O–H groups in total. The van der Waals surface area contributed by atoms with Crippen LogP contribution in [0.15, 0.2) is 0 Å². The maximum atomic E-state index is 11.8. The minimum absolute atomic E-state index is 0.150. The van der Waals surface area contributed by atoms with E-state index in [1.165, 1.54) is 19.3 Å². The zero-order chi connectivity index (χ0) is 12.1. The standard InChI is InChI=1S/C13H22N2O2/c16-12(10-4-2-1-3-5-10)14-8-9-15-13(17)11-6-7-11/h10-11H,1-9H2,(H,14,16)(H,15,17). The number of carbonyl (C=O) groups is 2. The molecule has 0 bridgehead atoms. The van der Waals surface area contributed by atoms with Gasteiger partial charge in [-0.15, -0.1) is 0 Å². The van der Waals surface area contributed by atoms with Gasteiger partial charge in [-0.3, -0.25) is 9.59 Å². The summed E-state index contributed by atoms with van der Waals surface area (Å²) in [6.45, 7) is 1.13. The van der Waals surface area contributed by atoms with E-state index in [4.69, 9.17) is 0 Å². The van der Waals surface area contributed by atoms with Crippen molar-refractivity contribution in [3.8, 4) is 0 Å². The summed E-state index contributed by atoms with van der Waals surface area (Å²) >= 11 is 0. The molecular weight excluding hydrogens is 216 g/mol. The van der Waals surface area contributed by atoms with Gasteiger partial charge in [-0.1, -0.05) is 19.3 Å². The molecule has 0 unspecified atom stereocenters. The number of hydrogen-bond acceptors (Lipinski definition) is 2. The SMILES string of the molecule is O=C(NCCNC(=O)C1CC1)C1CCCCC1. The number of nitrogens with one attached hydrogen (secondary N) is 2. The van der Waals surface area contributed by atoms with Crippen LogP contribution in [0.4, 0.5) is 0 Å². The van der Waals surface area contributed by atoms with Crippen LogP contribution < -0.4 is 10.6 Å². The van der Waals surface area contributed by atoms with Gasteiger partial charge in [-0.2, -0.15) is 0 Å². The van der Waals surface area contributed by atoms with Crippen molar-refractivity contribution in [1.82, 2.24) is 10.6 Å². The highest BCUT2D eigenvalue weighted by Gasteiger charge is 2.29. The van der Waals surface area contributed by atoms with Gasteiger partial charge in [0.05, 0.1) is 0 Å². The first-order valence-corrected chi connectivity index (χ1v) is 6.83. The van der Waals surface area contributed by atoms with Crippen LogP contribution in [0, 0.1) is 11.8 Å². The quantitative estimate of drug-likeness (QED) is 0.707. The molecule has 2 aliphatic carbocycles. The molecule has 0 aliphatic heterocycles. The average Bonchev–Trinajstić information content (AvgIpc) is 3.19. The summed E-state index contributed by atoms with van der Waals surface area (Å²) in [6, 6.07) is 0. The Balaban J connectivity index is 1.54. The third-order valence-electron chi connectivity index (χ3n) is 3.65. The Hall–Kier alpha value is -1.06. The van der Waals surface area contributed by atoms with Crippen molar-refractivity contribution >= 4 is 11.8 Å². The van der Waals surface area contributed by atoms with Crippen LogP contribution in [0.3, 0.4) is 0 Å². The summed E-state index contributed by atoms with van der Waals surface area (Å²) in [5.74, 6) is 0.786. The molecule has 2 amide bonds. The van der Waals surface area contributed by atoms with E-state index in [-0.39, 0.29) is 23.7 Å².